The van der Waals surface area contributed by atoms with E-state index in [0.717, 1.165) is 11.1 Å². The van der Waals surface area contributed by atoms with Gasteiger partial charge in [0, 0.05) is 35.9 Å². The van der Waals surface area contributed by atoms with Crippen molar-refractivity contribution in [3.63, 3.8) is 0 Å². The fraction of sp³-hybridized carbons (Fsp3) is 0.364. The molecule has 0 saturated carbocycles. The van der Waals surface area contributed by atoms with E-state index in [1.54, 1.807) is 31.2 Å². The maximum absolute atomic E-state index is 13.8. The molecule has 5 nitrogen and oxygen atoms in total. The predicted molar refractivity (Wildman–Crippen MR) is 111 cm³/mol. The molecular weight excluding hydrogens is 395 g/mol. The lowest BCUT2D eigenvalue weighted by Crippen LogP contribution is -2.45. The summed E-state index contributed by atoms with van der Waals surface area (Å²) in [6, 6.07) is 11.7. The van der Waals surface area contributed by atoms with Crippen LogP contribution in [0.15, 0.2) is 42.5 Å². The zero-order valence-electron chi connectivity index (χ0n) is 16.3. The van der Waals surface area contributed by atoms with E-state index in [1.165, 1.54) is 12.1 Å². The summed E-state index contributed by atoms with van der Waals surface area (Å²) < 4.78 is 19.2. The molecule has 1 aliphatic heterocycles. The zero-order valence-corrected chi connectivity index (χ0v) is 17.0. The third-order valence-electron chi connectivity index (χ3n) is 5.37. The van der Waals surface area contributed by atoms with Crippen LogP contribution in [-0.4, -0.2) is 31.6 Å². The van der Waals surface area contributed by atoms with Gasteiger partial charge in [-0.2, -0.15) is 0 Å². The number of carbonyl (C=O) groups is 2. The lowest BCUT2D eigenvalue weighted by atomic mass is 9.74. The predicted octanol–water partition coefficient (Wildman–Crippen LogP) is 3.98. The Bertz CT molecular complexity index is 897. The van der Waals surface area contributed by atoms with E-state index in [0.29, 0.717) is 43.3 Å². The average Bonchev–Trinajstić information content (AvgIpc) is 2.70. The number of carbonyl (C=O) groups excluding carboxylic acids is 2. The molecule has 1 heterocycles. The minimum Gasteiger partial charge on any atom is -0.381 e. The van der Waals surface area contributed by atoms with Crippen molar-refractivity contribution in [3.8, 4) is 0 Å². The number of ether oxygens (including phenoxy) is 1. The van der Waals surface area contributed by atoms with Gasteiger partial charge in [0.25, 0.3) is 0 Å². The van der Waals surface area contributed by atoms with Gasteiger partial charge in [-0.1, -0.05) is 29.8 Å². The lowest BCUT2D eigenvalue weighted by Gasteiger charge is -2.38. The molecule has 3 rings (SSSR count). The van der Waals surface area contributed by atoms with E-state index in [-0.39, 0.29) is 18.1 Å². The quantitative estimate of drug-likeness (QED) is 0.697. The van der Waals surface area contributed by atoms with Crippen molar-refractivity contribution in [1.29, 1.82) is 0 Å². The van der Waals surface area contributed by atoms with Crippen LogP contribution in [-0.2, 0) is 19.7 Å². The molecule has 0 unspecified atom stereocenters. The van der Waals surface area contributed by atoms with E-state index < -0.39 is 11.3 Å². The summed E-state index contributed by atoms with van der Waals surface area (Å²) in [5.74, 6) is -1.11. The highest BCUT2D eigenvalue weighted by Crippen LogP contribution is 2.34. The number of halogens is 2. The molecule has 0 atom stereocenters. The van der Waals surface area contributed by atoms with Gasteiger partial charge in [-0.25, -0.2) is 4.39 Å². The fourth-order valence-electron chi connectivity index (χ4n) is 3.56. The Morgan fingerprint density at radius 3 is 2.59 bits per heavy atom. The Morgan fingerprint density at radius 2 is 1.86 bits per heavy atom. The summed E-state index contributed by atoms with van der Waals surface area (Å²) in [6.07, 6.45) is 1.04. The Balaban J connectivity index is 1.61. The van der Waals surface area contributed by atoms with Crippen molar-refractivity contribution in [1.82, 2.24) is 5.32 Å². The SMILES string of the molecule is Cc1c(Cl)cccc1NC(=O)CC(=O)NCC1(c2cccc(F)c2)CCOCC1. The van der Waals surface area contributed by atoms with Gasteiger partial charge in [0.2, 0.25) is 11.8 Å². The Labute approximate surface area is 174 Å². The molecule has 1 saturated heterocycles. The standard InChI is InChI=1S/C22H24ClFN2O3/c1-15-18(23)6-3-7-19(15)26-21(28)13-20(27)25-14-22(8-10-29-11-9-22)16-4-2-5-17(24)12-16/h2-7,12H,8-11,13-14H2,1H3,(H,25,27)(H,26,28). The molecular formula is C22H24ClFN2O3. The summed E-state index contributed by atoms with van der Waals surface area (Å²) in [7, 11) is 0. The lowest BCUT2D eigenvalue weighted by molar-refractivity contribution is -0.127. The summed E-state index contributed by atoms with van der Waals surface area (Å²) >= 11 is 6.06. The summed E-state index contributed by atoms with van der Waals surface area (Å²) in [4.78, 5) is 24.6. The molecule has 2 amide bonds. The average molecular weight is 419 g/mol. The molecule has 2 aromatic carbocycles. The van der Waals surface area contributed by atoms with E-state index in [1.807, 2.05) is 6.07 Å². The largest absolute Gasteiger partial charge is 0.381 e. The first-order valence-electron chi connectivity index (χ1n) is 9.55. The van der Waals surface area contributed by atoms with Gasteiger partial charge in [-0.05, 0) is 55.2 Å². The number of rotatable bonds is 6. The summed E-state index contributed by atoms with van der Waals surface area (Å²) in [5.41, 5.74) is 1.75. The number of hydrogen-bond donors (Lipinski definition) is 2. The highest BCUT2D eigenvalue weighted by Gasteiger charge is 2.35. The van der Waals surface area contributed by atoms with E-state index in [4.69, 9.17) is 16.3 Å². The van der Waals surface area contributed by atoms with E-state index in [2.05, 4.69) is 10.6 Å². The van der Waals surface area contributed by atoms with Gasteiger partial charge < -0.3 is 15.4 Å². The molecule has 1 fully saturated rings. The van der Waals surface area contributed by atoms with Crippen LogP contribution >= 0.6 is 11.6 Å². The summed E-state index contributed by atoms with van der Waals surface area (Å²) in [5, 5.41) is 6.11. The molecule has 1 aliphatic rings. The molecule has 0 aliphatic carbocycles. The second-order valence-corrected chi connectivity index (χ2v) is 7.72. The fourth-order valence-corrected chi connectivity index (χ4v) is 3.74. The number of amides is 2. The third-order valence-corrected chi connectivity index (χ3v) is 5.78. The molecule has 0 bridgehead atoms. The van der Waals surface area contributed by atoms with Crippen LogP contribution in [0.1, 0.15) is 30.4 Å². The molecule has 0 radical (unpaired) electrons. The van der Waals surface area contributed by atoms with Crippen LogP contribution < -0.4 is 10.6 Å². The van der Waals surface area contributed by atoms with Gasteiger partial charge in [0.1, 0.15) is 12.2 Å². The Kier molecular flexibility index (Phi) is 6.87. The summed E-state index contributed by atoms with van der Waals surface area (Å²) in [6.45, 7) is 3.20. The minimum absolute atomic E-state index is 0.304. The minimum atomic E-state index is -0.417. The molecule has 2 N–H and O–H groups in total. The molecule has 2 aromatic rings. The maximum Gasteiger partial charge on any atom is 0.233 e. The highest BCUT2D eigenvalue weighted by molar-refractivity contribution is 6.31. The third kappa shape index (κ3) is 5.34. The van der Waals surface area contributed by atoms with Crippen molar-refractivity contribution in [3.05, 3.63) is 64.4 Å². The highest BCUT2D eigenvalue weighted by atomic mass is 35.5. The smallest absolute Gasteiger partial charge is 0.233 e. The topological polar surface area (TPSA) is 67.4 Å². The van der Waals surface area contributed by atoms with Crippen molar-refractivity contribution in [2.45, 2.75) is 31.6 Å². The van der Waals surface area contributed by atoms with Crippen LogP contribution in [0.4, 0.5) is 10.1 Å². The first-order chi connectivity index (χ1) is 13.9. The molecule has 0 aromatic heterocycles. The van der Waals surface area contributed by atoms with Crippen LogP contribution in [0.3, 0.4) is 0 Å². The van der Waals surface area contributed by atoms with E-state index >= 15 is 0 Å². The second-order valence-electron chi connectivity index (χ2n) is 7.32. The van der Waals surface area contributed by atoms with Crippen molar-refractivity contribution >= 4 is 29.1 Å². The number of nitrogens with one attached hydrogen (secondary N) is 2. The molecule has 29 heavy (non-hydrogen) atoms. The first kappa shape index (κ1) is 21.3. The first-order valence-corrected chi connectivity index (χ1v) is 9.93. The van der Waals surface area contributed by atoms with E-state index in [9.17, 15) is 14.0 Å². The van der Waals surface area contributed by atoms with Gasteiger partial charge in [-0.3, -0.25) is 9.59 Å². The van der Waals surface area contributed by atoms with Crippen LogP contribution in [0.25, 0.3) is 0 Å². The number of anilines is 1. The second kappa shape index (κ2) is 9.37. The van der Waals surface area contributed by atoms with Gasteiger partial charge in [-0.15, -0.1) is 0 Å². The number of hydrogen-bond acceptors (Lipinski definition) is 3. The van der Waals surface area contributed by atoms with Gasteiger partial charge in [0.05, 0.1) is 0 Å². The Morgan fingerprint density at radius 1 is 1.14 bits per heavy atom. The monoisotopic (exact) mass is 418 g/mol. The molecule has 0 spiro atoms. The van der Waals surface area contributed by atoms with Crippen molar-refractivity contribution < 1.29 is 18.7 Å². The molecule has 154 valence electrons. The normalized spacial score (nSPS) is 15.6. The van der Waals surface area contributed by atoms with Crippen molar-refractivity contribution in [2.75, 3.05) is 25.1 Å². The van der Waals surface area contributed by atoms with Gasteiger partial charge >= 0.3 is 0 Å². The molecule has 7 heteroatoms. The van der Waals surface area contributed by atoms with Crippen LogP contribution in [0, 0.1) is 12.7 Å². The van der Waals surface area contributed by atoms with Crippen LogP contribution in [0.2, 0.25) is 5.02 Å². The maximum atomic E-state index is 13.8. The van der Waals surface area contributed by atoms with Crippen LogP contribution in [0.5, 0.6) is 0 Å². The number of benzene rings is 2. The van der Waals surface area contributed by atoms with Gasteiger partial charge in [0.15, 0.2) is 0 Å². The Hall–Kier alpha value is -2.44. The zero-order chi connectivity index (χ0) is 20.9. The van der Waals surface area contributed by atoms with Crippen molar-refractivity contribution in [2.24, 2.45) is 0 Å².